The lowest BCUT2D eigenvalue weighted by Gasteiger charge is -2.26. The van der Waals surface area contributed by atoms with Crippen LogP contribution in [0.1, 0.15) is 27.7 Å². The van der Waals surface area contributed by atoms with Crippen molar-refractivity contribution in [2.75, 3.05) is 13.7 Å². The normalized spacial score (nSPS) is 34.9. The average molecular weight is 316 g/mol. The molecule has 2 fully saturated rings. The summed E-state index contributed by atoms with van der Waals surface area (Å²) < 4.78 is 27.2. The molecule has 0 amide bonds. The van der Waals surface area contributed by atoms with Crippen LogP contribution in [0.15, 0.2) is 12.2 Å². The lowest BCUT2D eigenvalue weighted by atomic mass is 10.0. The highest BCUT2D eigenvalue weighted by Crippen LogP contribution is 2.34. The van der Waals surface area contributed by atoms with Gasteiger partial charge in [-0.25, -0.2) is 4.79 Å². The molecule has 2 aliphatic rings. The van der Waals surface area contributed by atoms with Gasteiger partial charge < -0.3 is 28.8 Å². The second-order valence-electron chi connectivity index (χ2n) is 6.30. The van der Waals surface area contributed by atoms with Crippen molar-refractivity contribution in [2.45, 2.75) is 63.7 Å². The van der Waals surface area contributed by atoms with E-state index in [9.17, 15) is 9.90 Å². The van der Waals surface area contributed by atoms with Crippen LogP contribution in [0.4, 0.5) is 0 Å². The molecule has 0 aromatic rings. The number of carbonyl (C=O) groups is 1. The van der Waals surface area contributed by atoms with Crippen LogP contribution >= 0.6 is 0 Å². The van der Waals surface area contributed by atoms with Crippen molar-refractivity contribution in [3.8, 4) is 0 Å². The summed E-state index contributed by atoms with van der Waals surface area (Å²) in [6.45, 7) is 7.32. The first-order valence-corrected chi connectivity index (χ1v) is 7.25. The predicted octanol–water partition coefficient (Wildman–Crippen LogP) is 0.748. The fourth-order valence-electron chi connectivity index (χ4n) is 2.57. The zero-order valence-corrected chi connectivity index (χ0v) is 13.6. The van der Waals surface area contributed by atoms with E-state index in [0.717, 1.165) is 0 Å². The molecular formula is C15H24O7. The Balaban J connectivity index is 2.09. The Morgan fingerprint density at radius 2 is 1.91 bits per heavy atom. The maximum Gasteiger partial charge on any atom is 0.330 e. The third kappa shape index (κ3) is 4.05. The predicted molar refractivity (Wildman–Crippen MR) is 75.9 cm³/mol. The molecule has 1 N–H and O–H groups in total. The second kappa shape index (κ2) is 6.25. The zero-order chi connectivity index (χ0) is 16.5. The summed E-state index contributed by atoms with van der Waals surface area (Å²) >= 11 is 0. The van der Waals surface area contributed by atoms with Crippen molar-refractivity contribution < 1.29 is 33.6 Å². The Morgan fingerprint density at radius 3 is 2.45 bits per heavy atom. The van der Waals surface area contributed by atoms with Crippen molar-refractivity contribution in [3.05, 3.63) is 12.2 Å². The quantitative estimate of drug-likeness (QED) is 0.605. The Morgan fingerprint density at radius 1 is 1.23 bits per heavy atom. The Hall–Kier alpha value is -0.990. The molecule has 0 aliphatic carbocycles. The van der Waals surface area contributed by atoms with Gasteiger partial charge in [-0.1, -0.05) is 0 Å². The number of carbonyl (C=O) groups excluding carboxylic acids is 1. The largest absolute Gasteiger partial charge is 0.466 e. The number of hydrogen-bond donors (Lipinski definition) is 1. The number of rotatable bonds is 4. The molecule has 126 valence electrons. The van der Waals surface area contributed by atoms with Crippen molar-refractivity contribution in [1.82, 2.24) is 0 Å². The van der Waals surface area contributed by atoms with Crippen LogP contribution < -0.4 is 0 Å². The highest BCUT2D eigenvalue weighted by Gasteiger charge is 2.49. The first-order chi connectivity index (χ1) is 10.1. The standard InChI is InChI=1S/C15H24O7/c1-14(2)19-8-10(21-14)12(17)13-9(6-7-11(16)18-5)20-15(3,4)22-13/h6-7,9-10,12-13,17H,8H2,1-5H3/b7-6-/t9-,10-,12-,13-/m1/s1. The average Bonchev–Trinajstić information content (AvgIpc) is 2.94. The van der Waals surface area contributed by atoms with Crippen LogP contribution in [0.2, 0.25) is 0 Å². The lowest BCUT2D eigenvalue weighted by molar-refractivity contribution is -0.178. The van der Waals surface area contributed by atoms with E-state index in [1.807, 2.05) is 0 Å². The molecule has 0 bridgehead atoms. The van der Waals surface area contributed by atoms with Crippen LogP contribution in [0.3, 0.4) is 0 Å². The van der Waals surface area contributed by atoms with E-state index in [-0.39, 0.29) is 6.61 Å². The number of methoxy groups -OCH3 is 1. The summed E-state index contributed by atoms with van der Waals surface area (Å²) in [6, 6.07) is 0. The Bertz CT molecular complexity index is 443. The lowest BCUT2D eigenvalue weighted by Crippen LogP contribution is -2.44. The molecule has 0 radical (unpaired) electrons. The first-order valence-electron chi connectivity index (χ1n) is 7.25. The minimum Gasteiger partial charge on any atom is -0.466 e. The van der Waals surface area contributed by atoms with Crippen LogP contribution in [0.5, 0.6) is 0 Å². The maximum atomic E-state index is 11.2. The van der Waals surface area contributed by atoms with E-state index < -0.39 is 42.0 Å². The summed E-state index contributed by atoms with van der Waals surface area (Å²) in [6.07, 6.45) is 0.0535. The molecular weight excluding hydrogens is 292 g/mol. The molecule has 0 aromatic heterocycles. The Labute approximate surface area is 130 Å². The number of hydrogen-bond acceptors (Lipinski definition) is 7. The van der Waals surface area contributed by atoms with Gasteiger partial charge >= 0.3 is 5.97 Å². The maximum absolute atomic E-state index is 11.2. The molecule has 22 heavy (non-hydrogen) atoms. The second-order valence-corrected chi connectivity index (χ2v) is 6.30. The molecule has 4 atom stereocenters. The molecule has 2 heterocycles. The molecule has 0 unspecified atom stereocenters. The third-order valence-electron chi connectivity index (χ3n) is 3.53. The fourth-order valence-corrected chi connectivity index (χ4v) is 2.57. The molecule has 2 aliphatic heterocycles. The number of ether oxygens (including phenoxy) is 5. The smallest absolute Gasteiger partial charge is 0.330 e. The summed E-state index contributed by atoms with van der Waals surface area (Å²) in [4.78, 5) is 11.2. The van der Waals surface area contributed by atoms with E-state index in [0.29, 0.717) is 0 Å². The van der Waals surface area contributed by atoms with Gasteiger partial charge in [-0.05, 0) is 33.8 Å². The van der Waals surface area contributed by atoms with Gasteiger partial charge in [-0.2, -0.15) is 0 Å². The molecule has 0 saturated carbocycles. The number of esters is 1. The van der Waals surface area contributed by atoms with Gasteiger partial charge in [0, 0.05) is 6.08 Å². The Kier molecular flexibility index (Phi) is 4.93. The van der Waals surface area contributed by atoms with Gasteiger partial charge in [0.15, 0.2) is 11.6 Å². The highest BCUT2D eigenvalue weighted by atomic mass is 16.8. The molecule has 2 rings (SSSR count). The van der Waals surface area contributed by atoms with Gasteiger partial charge in [0.2, 0.25) is 0 Å². The summed E-state index contributed by atoms with van der Waals surface area (Å²) in [5.41, 5.74) is 0. The van der Waals surface area contributed by atoms with E-state index in [4.69, 9.17) is 18.9 Å². The van der Waals surface area contributed by atoms with Crippen molar-refractivity contribution in [1.29, 1.82) is 0 Å². The number of aliphatic hydroxyl groups excluding tert-OH is 1. The monoisotopic (exact) mass is 316 g/mol. The van der Waals surface area contributed by atoms with Gasteiger partial charge in [-0.15, -0.1) is 0 Å². The highest BCUT2D eigenvalue weighted by molar-refractivity contribution is 5.81. The molecule has 7 nitrogen and oxygen atoms in total. The molecule has 2 saturated heterocycles. The van der Waals surface area contributed by atoms with Crippen molar-refractivity contribution in [3.63, 3.8) is 0 Å². The minimum absolute atomic E-state index is 0.266. The van der Waals surface area contributed by atoms with E-state index >= 15 is 0 Å². The van der Waals surface area contributed by atoms with E-state index in [1.54, 1.807) is 27.7 Å². The summed E-state index contributed by atoms with van der Waals surface area (Å²) in [5, 5.41) is 10.5. The van der Waals surface area contributed by atoms with Gasteiger partial charge in [-0.3, -0.25) is 0 Å². The van der Waals surface area contributed by atoms with Crippen LogP contribution in [-0.2, 0) is 28.5 Å². The van der Waals surface area contributed by atoms with Crippen LogP contribution in [0.25, 0.3) is 0 Å². The number of aliphatic hydroxyl groups is 1. The van der Waals surface area contributed by atoms with Crippen LogP contribution in [0, 0.1) is 0 Å². The first kappa shape index (κ1) is 17.4. The van der Waals surface area contributed by atoms with E-state index in [2.05, 4.69) is 4.74 Å². The SMILES string of the molecule is COC(=O)/C=C\[C@H]1OC(C)(C)O[C@H]1[C@H](O)[C@H]1COC(C)(C)O1. The van der Waals surface area contributed by atoms with Gasteiger partial charge in [0.25, 0.3) is 0 Å². The van der Waals surface area contributed by atoms with Crippen molar-refractivity contribution >= 4 is 5.97 Å². The fraction of sp³-hybridized carbons (Fsp3) is 0.800. The minimum atomic E-state index is -0.948. The topological polar surface area (TPSA) is 83.5 Å². The van der Waals surface area contributed by atoms with Crippen LogP contribution in [-0.4, -0.2) is 60.8 Å². The molecule has 0 aromatic carbocycles. The third-order valence-corrected chi connectivity index (χ3v) is 3.53. The summed E-state index contributed by atoms with van der Waals surface area (Å²) in [7, 11) is 1.29. The summed E-state index contributed by atoms with van der Waals surface area (Å²) in [5.74, 6) is -2.10. The zero-order valence-electron chi connectivity index (χ0n) is 13.6. The van der Waals surface area contributed by atoms with Gasteiger partial charge in [0.05, 0.1) is 13.7 Å². The van der Waals surface area contributed by atoms with E-state index in [1.165, 1.54) is 19.3 Å². The molecule has 0 spiro atoms. The molecule has 7 heteroatoms. The van der Waals surface area contributed by atoms with Crippen molar-refractivity contribution in [2.24, 2.45) is 0 Å². The van der Waals surface area contributed by atoms with Gasteiger partial charge in [0.1, 0.15) is 24.4 Å².